The Hall–Kier alpha value is -1.36. The van der Waals surface area contributed by atoms with Gasteiger partial charge in [-0.3, -0.25) is 9.20 Å². The second-order valence-electron chi connectivity index (χ2n) is 4.72. The lowest BCUT2D eigenvalue weighted by atomic mass is 10.2. The van der Waals surface area contributed by atoms with Gasteiger partial charge < -0.3 is 4.90 Å². The largest absolute Gasteiger partial charge is 0.352 e. The van der Waals surface area contributed by atoms with Crippen LogP contribution in [0.15, 0.2) is 11.6 Å². The van der Waals surface area contributed by atoms with Gasteiger partial charge in [-0.25, -0.2) is 4.98 Å². The van der Waals surface area contributed by atoms with Crippen molar-refractivity contribution in [1.29, 1.82) is 0 Å². The van der Waals surface area contributed by atoms with E-state index in [1.807, 2.05) is 16.0 Å². The maximum atomic E-state index is 11.4. The molecule has 0 atom stereocenters. The monoisotopic (exact) mass is 263 g/mol. The quantitative estimate of drug-likeness (QED) is 0.796. The van der Waals surface area contributed by atoms with Crippen LogP contribution in [0.4, 0.5) is 5.82 Å². The third-order valence-corrected chi connectivity index (χ3v) is 4.53. The Morgan fingerprint density at radius 3 is 3.00 bits per heavy atom. The summed E-state index contributed by atoms with van der Waals surface area (Å²) in [6.45, 7) is 3.05. The number of anilines is 1. The molecule has 18 heavy (non-hydrogen) atoms. The fraction of sp³-hybridized carbons (Fsp3) is 0.538. The second kappa shape index (κ2) is 4.72. The first-order valence-electron chi connectivity index (χ1n) is 6.52. The highest BCUT2D eigenvalue weighted by Gasteiger charge is 2.26. The zero-order valence-corrected chi connectivity index (χ0v) is 11.3. The Balaban J connectivity index is 2.04. The zero-order valence-electron chi connectivity index (χ0n) is 10.5. The van der Waals surface area contributed by atoms with Crippen LogP contribution in [0.25, 0.3) is 4.96 Å². The fourth-order valence-corrected chi connectivity index (χ4v) is 3.63. The van der Waals surface area contributed by atoms with Crippen molar-refractivity contribution in [3.05, 3.63) is 17.3 Å². The van der Waals surface area contributed by atoms with Crippen molar-refractivity contribution in [3.8, 4) is 0 Å². The van der Waals surface area contributed by atoms with Gasteiger partial charge in [0.25, 0.3) is 0 Å². The third-order valence-electron chi connectivity index (χ3n) is 3.77. The molecule has 1 saturated carbocycles. The SMILES string of the molecule is CCN(c1nc2sccn2c1C=O)C1CCCC1. The van der Waals surface area contributed by atoms with Gasteiger partial charge in [-0.15, -0.1) is 11.3 Å². The molecular weight excluding hydrogens is 246 g/mol. The van der Waals surface area contributed by atoms with Gasteiger partial charge >= 0.3 is 0 Å². The minimum Gasteiger partial charge on any atom is -0.352 e. The second-order valence-corrected chi connectivity index (χ2v) is 5.59. The first-order valence-corrected chi connectivity index (χ1v) is 7.40. The molecule has 3 rings (SSSR count). The number of hydrogen-bond donors (Lipinski definition) is 0. The maximum absolute atomic E-state index is 11.4. The summed E-state index contributed by atoms with van der Waals surface area (Å²) in [5.41, 5.74) is 0.694. The standard InChI is InChI=1S/C13H17N3OS/c1-2-15(10-5-3-4-6-10)12-11(9-17)16-7-8-18-13(16)14-12/h7-10H,2-6H2,1H3. The zero-order chi connectivity index (χ0) is 12.5. The lowest BCUT2D eigenvalue weighted by Crippen LogP contribution is -2.34. The van der Waals surface area contributed by atoms with Gasteiger partial charge in [0.1, 0.15) is 5.69 Å². The molecule has 0 aliphatic heterocycles. The number of aldehydes is 1. The Morgan fingerprint density at radius 2 is 2.33 bits per heavy atom. The summed E-state index contributed by atoms with van der Waals surface area (Å²) in [7, 11) is 0. The lowest BCUT2D eigenvalue weighted by molar-refractivity contribution is 0.111. The molecule has 0 saturated heterocycles. The molecular formula is C13H17N3OS. The molecule has 2 aromatic rings. The van der Waals surface area contributed by atoms with Crippen LogP contribution in [-0.2, 0) is 0 Å². The molecule has 0 amide bonds. The van der Waals surface area contributed by atoms with Gasteiger partial charge in [0.15, 0.2) is 17.1 Å². The molecule has 1 fully saturated rings. The van der Waals surface area contributed by atoms with Crippen molar-refractivity contribution in [1.82, 2.24) is 9.38 Å². The number of hydrogen-bond acceptors (Lipinski definition) is 4. The number of aromatic nitrogens is 2. The highest BCUT2D eigenvalue weighted by molar-refractivity contribution is 7.15. The first-order chi connectivity index (χ1) is 8.85. The van der Waals surface area contributed by atoms with Gasteiger partial charge in [0.05, 0.1) is 0 Å². The topological polar surface area (TPSA) is 37.6 Å². The van der Waals surface area contributed by atoms with Crippen molar-refractivity contribution in [2.45, 2.75) is 38.6 Å². The Kier molecular flexibility index (Phi) is 3.07. The average molecular weight is 263 g/mol. The summed E-state index contributed by atoms with van der Waals surface area (Å²) < 4.78 is 1.89. The van der Waals surface area contributed by atoms with Crippen LogP contribution in [0, 0.1) is 0 Å². The van der Waals surface area contributed by atoms with E-state index in [1.165, 1.54) is 25.7 Å². The fourth-order valence-electron chi connectivity index (χ4n) is 2.91. The normalized spacial score (nSPS) is 16.5. The molecule has 1 aliphatic rings. The number of nitrogens with zero attached hydrogens (tertiary/aromatic N) is 3. The van der Waals surface area contributed by atoms with E-state index in [1.54, 1.807) is 11.3 Å². The van der Waals surface area contributed by atoms with E-state index in [0.29, 0.717) is 11.7 Å². The molecule has 0 aromatic carbocycles. The number of carbonyl (C=O) groups excluding carboxylic acids is 1. The summed E-state index contributed by atoms with van der Waals surface area (Å²) in [6, 6.07) is 0.554. The van der Waals surface area contributed by atoms with Crippen LogP contribution in [0.2, 0.25) is 0 Å². The molecule has 2 heterocycles. The predicted octanol–water partition coefficient (Wildman–Crippen LogP) is 2.98. The van der Waals surface area contributed by atoms with Crippen molar-refractivity contribution < 1.29 is 4.79 Å². The van der Waals surface area contributed by atoms with E-state index < -0.39 is 0 Å². The summed E-state index contributed by atoms with van der Waals surface area (Å²) in [5, 5.41) is 1.96. The highest BCUT2D eigenvalue weighted by Crippen LogP contribution is 2.30. The minimum absolute atomic E-state index is 0.554. The Labute approximate surface area is 110 Å². The third kappa shape index (κ3) is 1.73. The predicted molar refractivity (Wildman–Crippen MR) is 73.7 cm³/mol. The van der Waals surface area contributed by atoms with E-state index in [-0.39, 0.29) is 0 Å². The molecule has 1 aliphatic carbocycles. The van der Waals surface area contributed by atoms with E-state index in [2.05, 4.69) is 16.8 Å². The summed E-state index contributed by atoms with van der Waals surface area (Å²) in [4.78, 5) is 19.2. The van der Waals surface area contributed by atoms with Gasteiger partial charge in [-0.1, -0.05) is 12.8 Å². The number of fused-ring (bicyclic) bond motifs is 1. The van der Waals surface area contributed by atoms with Crippen LogP contribution in [-0.4, -0.2) is 28.3 Å². The van der Waals surface area contributed by atoms with Crippen molar-refractivity contribution in [3.63, 3.8) is 0 Å². The number of carbonyl (C=O) groups is 1. The molecule has 2 aromatic heterocycles. The Bertz CT molecular complexity index is 554. The summed E-state index contributed by atoms with van der Waals surface area (Å²) >= 11 is 1.57. The minimum atomic E-state index is 0.554. The van der Waals surface area contributed by atoms with Gasteiger partial charge in [0.2, 0.25) is 0 Å². The average Bonchev–Trinajstić information content (AvgIpc) is 3.05. The Morgan fingerprint density at radius 1 is 1.56 bits per heavy atom. The molecule has 0 spiro atoms. The van der Waals surface area contributed by atoms with Crippen LogP contribution in [0.5, 0.6) is 0 Å². The van der Waals surface area contributed by atoms with Gasteiger partial charge in [-0.05, 0) is 19.8 Å². The maximum Gasteiger partial charge on any atom is 0.196 e. The van der Waals surface area contributed by atoms with Crippen LogP contribution in [0.1, 0.15) is 43.1 Å². The summed E-state index contributed by atoms with van der Waals surface area (Å²) in [6.07, 6.45) is 7.87. The lowest BCUT2D eigenvalue weighted by Gasteiger charge is -2.28. The molecule has 0 unspecified atom stereocenters. The highest BCUT2D eigenvalue weighted by atomic mass is 32.1. The van der Waals surface area contributed by atoms with E-state index >= 15 is 0 Å². The summed E-state index contributed by atoms with van der Waals surface area (Å²) in [5.74, 6) is 0.867. The first kappa shape index (κ1) is 11.7. The number of thiazole rings is 1. The molecule has 0 N–H and O–H groups in total. The van der Waals surface area contributed by atoms with Crippen LogP contribution >= 0.6 is 11.3 Å². The molecule has 0 bridgehead atoms. The molecule has 5 heteroatoms. The molecule has 4 nitrogen and oxygen atoms in total. The smallest absolute Gasteiger partial charge is 0.196 e. The molecule has 96 valence electrons. The van der Waals surface area contributed by atoms with E-state index in [0.717, 1.165) is 23.6 Å². The number of imidazole rings is 1. The number of rotatable bonds is 4. The van der Waals surface area contributed by atoms with Gasteiger partial charge in [0, 0.05) is 24.2 Å². The van der Waals surface area contributed by atoms with Crippen LogP contribution in [0.3, 0.4) is 0 Å². The van der Waals surface area contributed by atoms with E-state index in [9.17, 15) is 4.79 Å². The van der Waals surface area contributed by atoms with Crippen molar-refractivity contribution in [2.75, 3.05) is 11.4 Å². The van der Waals surface area contributed by atoms with Crippen molar-refractivity contribution >= 4 is 28.4 Å². The van der Waals surface area contributed by atoms with Crippen LogP contribution < -0.4 is 4.90 Å². The van der Waals surface area contributed by atoms with E-state index in [4.69, 9.17) is 0 Å². The van der Waals surface area contributed by atoms with Crippen molar-refractivity contribution in [2.24, 2.45) is 0 Å². The molecule has 0 radical (unpaired) electrons. The van der Waals surface area contributed by atoms with Gasteiger partial charge in [-0.2, -0.15) is 0 Å².